The number of nitrogens with zero attached hydrogens (tertiary/aromatic N) is 1. The topological polar surface area (TPSA) is 66.5 Å². The highest BCUT2D eigenvalue weighted by atomic mass is 32.2. The second-order valence-electron chi connectivity index (χ2n) is 7.95. The predicted octanol–water partition coefficient (Wildman–Crippen LogP) is 4.84. The van der Waals surface area contributed by atoms with Crippen molar-refractivity contribution in [2.45, 2.75) is 77.5 Å². The largest absolute Gasteiger partial charge is 0.356 e. The van der Waals surface area contributed by atoms with Crippen molar-refractivity contribution in [3.63, 3.8) is 0 Å². The number of carbonyl (C=O) groups excluding carboxylic acids is 1. The monoisotopic (exact) mass is 424 g/mol. The van der Waals surface area contributed by atoms with Crippen LogP contribution in [0, 0.1) is 11.8 Å². The van der Waals surface area contributed by atoms with Crippen molar-refractivity contribution in [1.82, 2.24) is 9.62 Å². The van der Waals surface area contributed by atoms with Gasteiger partial charge in [-0.3, -0.25) is 4.79 Å². The normalized spacial score (nSPS) is 19.9. The Morgan fingerprint density at radius 3 is 2.03 bits per heavy atom. The van der Waals surface area contributed by atoms with Gasteiger partial charge in [-0.2, -0.15) is 4.31 Å². The van der Waals surface area contributed by atoms with Gasteiger partial charge in [0.2, 0.25) is 15.9 Å². The van der Waals surface area contributed by atoms with Crippen molar-refractivity contribution in [3.8, 4) is 0 Å². The summed E-state index contributed by atoms with van der Waals surface area (Å²) in [5.74, 6) is 0.741. The number of hydrogen-bond acceptors (Lipinski definition) is 3. The second kappa shape index (κ2) is 12.3. The van der Waals surface area contributed by atoms with E-state index in [0.717, 1.165) is 38.5 Å². The van der Waals surface area contributed by atoms with E-state index >= 15 is 0 Å². The average Bonchev–Trinajstić information content (AvgIpc) is 2.67. The van der Waals surface area contributed by atoms with Gasteiger partial charge in [-0.25, -0.2) is 8.42 Å². The molecule has 1 saturated heterocycles. The summed E-state index contributed by atoms with van der Waals surface area (Å²) in [5.41, 5.74) is 0. The molecule has 1 N–H and O–H groups in total. The van der Waals surface area contributed by atoms with Crippen LogP contribution in [0.15, 0.2) is 35.2 Å². The predicted molar refractivity (Wildman–Crippen MR) is 120 cm³/mol. The van der Waals surface area contributed by atoms with Crippen molar-refractivity contribution in [1.29, 1.82) is 0 Å². The lowest BCUT2D eigenvalue weighted by atomic mass is 9.90. The summed E-state index contributed by atoms with van der Waals surface area (Å²) in [6.45, 7) is 1.73. The minimum atomic E-state index is -3.40. The molecule has 6 heteroatoms. The van der Waals surface area contributed by atoms with Gasteiger partial charge < -0.3 is 5.32 Å². The Morgan fingerprint density at radius 1 is 0.897 bits per heavy atom. The second-order valence-corrected chi connectivity index (χ2v) is 9.89. The smallest absolute Gasteiger partial charge is 0.243 e. The third-order valence-electron chi connectivity index (χ3n) is 6.00. The highest BCUT2D eigenvalue weighted by Gasteiger charge is 2.29. The molecule has 3 rings (SSSR count). The number of rotatable bonds is 5. The van der Waals surface area contributed by atoms with Gasteiger partial charge in [-0.15, -0.1) is 0 Å². The van der Waals surface area contributed by atoms with E-state index < -0.39 is 10.0 Å². The number of benzene rings is 1. The van der Waals surface area contributed by atoms with Crippen LogP contribution in [0.3, 0.4) is 0 Å². The molecule has 166 valence electrons. The Kier molecular flexibility index (Phi) is 10.9. The van der Waals surface area contributed by atoms with Gasteiger partial charge in [-0.05, 0) is 43.7 Å². The lowest BCUT2D eigenvalue weighted by Gasteiger charge is -2.31. The van der Waals surface area contributed by atoms with Gasteiger partial charge in [0.25, 0.3) is 0 Å². The molecule has 1 aliphatic heterocycles. The SMILES string of the molecule is C.C.O=C(NCC1CCN(S(=O)(=O)c2ccccc2)CC1)C1CCCCCCC1. The van der Waals surface area contributed by atoms with Crippen LogP contribution in [-0.4, -0.2) is 38.3 Å². The summed E-state index contributed by atoms with van der Waals surface area (Å²) in [6.07, 6.45) is 9.75. The van der Waals surface area contributed by atoms with Crippen molar-refractivity contribution < 1.29 is 13.2 Å². The van der Waals surface area contributed by atoms with E-state index in [2.05, 4.69) is 5.32 Å². The molecule has 1 aromatic carbocycles. The first-order valence-electron chi connectivity index (χ1n) is 10.4. The number of carbonyl (C=O) groups is 1. The van der Waals surface area contributed by atoms with Crippen LogP contribution in [0.25, 0.3) is 0 Å². The zero-order chi connectivity index (χ0) is 19.1. The third kappa shape index (κ3) is 7.10. The van der Waals surface area contributed by atoms with Gasteiger partial charge in [0.1, 0.15) is 0 Å². The molecule has 0 aromatic heterocycles. The Balaban J connectivity index is 0.00000210. The number of nitrogens with one attached hydrogen (secondary N) is 1. The minimum absolute atomic E-state index is 0. The number of hydrogen-bond donors (Lipinski definition) is 1. The van der Waals surface area contributed by atoms with E-state index in [-0.39, 0.29) is 26.7 Å². The molecular formula is C23H40N2O3S. The Bertz CT molecular complexity index is 690. The zero-order valence-corrected chi connectivity index (χ0v) is 16.9. The Morgan fingerprint density at radius 2 is 1.45 bits per heavy atom. The quantitative estimate of drug-likeness (QED) is 0.736. The van der Waals surface area contributed by atoms with E-state index in [4.69, 9.17) is 0 Å². The maximum Gasteiger partial charge on any atom is 0.243 e. The van der Waals surface area contributed by atoms with Gasteiger partial charge in [0.05, 0.1) is 4.90 Å². The van der Waals surface area contributed by atoms with Crippen molar-refractivity contribution in [2.24, 2.45) is 11.8 Å². The first kappa shape index (κ1) is 25.6. The fraction of sp³-hybridized carbons (Fsp3) is 0.696. The molecular weight excluding hydrogens is 384 g/mol. The van der Waals surface area contributed by atoms with Crippen LogP contribution >= 0.6 is 0 Å². The van der Waals surface area contributed by atoms with Crippen LogP contribution in [0.4, 0.5) is 0 Å². The molecule has 29 heavy (non-hydrogen) atoms. The zero-order valence-electron chi connectivity index (χ0n) is 16.1. The van der Waals surface area contributed by atoms with Gasteiger partial charge >= 0.3 is 0 Å². The minimum Gasteiger partial charge on any atom is -0.356 e. The third-order valence-corrected chi connectivity index (χ3v) is 7.91. The standard InChI is InChI=1S/C21H32N2O3S.2CH4/c24-21(19-9-5-2-1-3-6-10-19)22-17-18-13-15-23(16-14-18)27(25,26)20-11-7-4-8-12-20;;/h4,7-8,11-12,18-19H,1-3,5-6,9-10,13-17H2,(H,22,24);2*1H4. The molecule has 5 nitrogen and oxygen atoms in total. The van der Waals surface area contributed by atoms with E-state index in [1.807, 2.05) is 6.07 Å². The molecule has 1 amide bonds. The summed E-state index contributed by atoms with van der Waals surface area (Å²) in [7, 11) is -3.40. The summed E-state index contributed by atoms with van der Waals surface area (Å²) < 4.78 is 26.9. The molecule has 1 aromatic rings. The fourth-order valence-corrected chi connectivity index (χ4v) is 5.69. The van der Waals surface area contributed by atoms with Gasteiger partial charge in [0.15, 0.2) is 0 Å². The molecule has 1 heterocycles. The van der Waals surface area contributed by atoms with Crippen molar-refractivity contribution >= 4 is 15.9 Å². The molecule has 1 saturated carbocycles. The lowest BCUT2D eigenvalue weighted by Crippen LogP contribution is -2.42. The lowest BCUT2D eigenvalue weighted by molar-refractivity contribution is -0.125. The van der Waals surface area contributed by atoms with Crippen molar-refractivity contribution in [3.05, 3.63) is 30.3 Å². The molecule has 0 spiro atoms. The highest BCUT2D eigenvalue weighted by Crippen LogP contribution is 2.25. The van der Waals surface area contributed by atoms with Crippen LogP contribution in [0.2, 0.25) is 0 Å². The molecule has 0 radical (unpaired) electrons. The van der Waals surface area contributed by atoms with E-state index in [0.29, 0.717) is 30.4 Å². The highest BCUT2D eigenvalue weighted by molar-refractivity contribution is 7.89. The Hall–Kier alpha value is -1.40. The maximum absolute atomic E-state index is 12.7. The van der Waals surface area contributed by atoms with Crippen LogP contribution < -0.4 is 5.32 Å². The summed E-state index contributed by atoms with van der Waals surface area (Å²) in [4.78, 5) is 12.9. The molecule has 0 atom stereocenters. The van der Waals surface area contributed by atoms with Crippen molar-refractivity contribution in [2.75, 3.05) is 19.6 Å². The molecule has 1 aliphatic carbocycles. The van der Waals surface area contributed by atoms with E-state index in [9.17, 15) is 13.2 Å². The molecule has 2 fully saturated rings. The van der Waals surface area contributed by atoms with Gasteiger partial charge in [0, 0.05) is 25.6 Å². The molecule has 0 unspecified atom stereocenters. The Labute approximate surface area is 178 Å². The maximum atomic E-state index is 12.7. The first-order valence-corrected chi connectivity index (χ1v) is 11.8. The van der Waals surface area contributed by atoms with E-state index in [1.165, 1.54) is 19.3 Å². The average molecular weight is 425 g/mol. The van der Waals surface area contributed by atoms with Crippen LogP contribution in [0.5, 0.6) is 0 Å². The number of amides is 1. The summed E-state index contributed by atoms with van der Waals surface area (Å²) in [5, 5.41) is 3.15. The number of piperidine rings is 1. The van der Waals surface area contributed by atoms with Crippen LogP contribution in [0.1, 0.15) is 72.6 Å². The number of sulfonamides is 1. The molecule has 2 aliphatic rings. The molecule has 0 bridgehead atoms. The summed E-state index contributed by atoms with van der Waals surface area (Å²) in [6, 6.07) is 8.63. The summed E-state index contributed by atoms with van der Waals surface area (Å²) >= 11 is 0. The fourth-order valence-electron chi connectivity index (χ4n) is 4.20. The van der Waals surface area contributed by atoms with Crippen LogP contribution in [-0.2, 0) is 14.8 Å². The first-order chi connectivity index (χ1) is 13.1. The van der Waals surface area contributed by atoms with E-state index in [1.54, 1.807) is 28.6 Å². The van der Waals surface area contributed by atoms with Gasteiger partial charge in [-0.1, -0.05) is 65.2 Å².